The molecule has 19 heavy (non-hydrogen) atoms. The Bertz CT molecular complexity index is 538. The number of ether oxygens (including phenoxy) is 1. The van der Waals surface area contributed by atoms with E-state index in [9.17, 15) is 4.79 Å². The highest BCUT2D eigenvalue weighted by Crippen LogP contribution is 2.14. The molecule has 0 aliphatic heterocycles. The summed E-state index contributed by atoms with van der Waals surface area (Å²) in [6, 6.07) is 16.2. The first-order valence-corrected chi connectivity index (χ1v) is 6.03. The summed E-state index contributed by atoms with van der Waals surface area (Å²) in [7, 11) is 0. The quantitative estimate of drug-likeness (QED) is 0.827. The number of hydrogen-bond acceptors (Lipinski definition) is 3. The Balaban J connectivity index is 1.94. The van der Waals surface area contributed by atoms with E-state index in [1.807, 2.05) is 30.3 Å². The van der Waals surface area contributed by atoms with E-state index in [1.165, 1.54) is 0 Å². The second kappa shape index (κ2) is 5.91. The van der Waals surface area contributed by atoms with Gasteiger partial charge in [0, 0.05) is 11.4 Å². The Labute approximate surface area is 112 Å². The van der Waals surface area contributed by atoms with Gasteiger partial charge in [0.05, 0.1) is 0 Å². The normalized spacial score (nSPS) is 11.6. The fourth-order valence-corrected chi connectivity index (χ4v) is 1.57. The summed E-state index contributed by atoms with van der Waals surface area (Å²) in [6.45, 7) is 1.71. The van der Waals surface area contributed by atoms with Crippen molar-refractivity contribution in [3.8, 4) is 5.75 Å². The number of nitrogen functional groups attached to an aromatic ring is 1. The number of amides is 1. The highest BCUT2D eigenvalue weighted by Gasteiger charge is 2.14. The summed E-state index contributed by atoms with van der Waals surface area (Å²) in [5.74, 6) is 0.469. The Morgan fingerprint density at radius 1 is 1.11 bits per heavy atom. The van der Waals surface area contributed by atoms with E-state index in [1.54, 1.807) is 31.2 Å². The maximum atomic E-state index is 11.9. The molecule has 2 rings (SSSR count). The first-order chi connectivity index (χ1) is 9.15. The number of hydrogen-bond donors (Lipinski definition) is 2. The van der Waals surface area contributed by atoms with Crippen LogP contribution in [0.4, 0.5) is 11.4 Å². The molecule has 0 unspecified atom stereocenters. The standard InChI is InChI=1S/C15H16N2O2/c1-11(19-14-5-3-2-4-6-14)15(18)17-13-9-7-12(16)8-10-13/h2-11H,16H2,1H3,(H,17,18)/t11-/m0/s1. The Morgan fingerprint density at radius 3 is 2.37 bits per heavy atom. The summed E-state index contributed by atoms with van der Waals surface area (Å²) in [6.07, 6.45) is -0.569. The number of nitrogens with two attached hydrogens (primary N) is 1. The highest BCUT2D eigenvalue weighted by molar-refractivity contribution is 5.94. The van der Waals surface area contributed by atoms with E-state index in [2.05, 4.69) is 5.32 Å². The fourth-order valence-electron chi connectivity index (χ4n) is 1.57. The van der Waals surface area contributed by atoms with E-state index >= 15 is 0 Å². The third-order valence-electron chi connectivity index (χ3n) is 2.60. The second-order valence-electron chi connectivity index (χ2n) is 4.18. The summed E-state index contributed by atoms with van der Waals surface area (Å²) in [5.41, 5.74) is 6.94. The zero-order chi connectivity index (χ0) is 13.7. The monoisotopic (exact) mass is 256 g/mol. The topological polar surface area (TPSA) is 64.3 Å². The fraction of sp³-hybridized carbons (Fsp3) is 0.133. The maximum absolute atomic E-state index is 11.9. The van der Waals surface area contributed by atoms with Crippen LogP contribution in [-0.2, 0) is 4.79 Å². The van der Waals surface area contributed by atoms with E-state index < -0.39 is 6.10 Å². The van der Waals surface area contributed by atoms with Crippen molar-refractivity contribution in [1.82, 2.24) is 0 Å². The van der Waals surface area contributed by atoms with Crippen LogP contribution in [0.5, 0.6) is 5.75 Å². The molecule has 1 atom stereocenters. The molecule has 0 spiro atoms. The van der Waals surface area contributed by atoms with Crippen LogP contribution in [0.15, 0.2) is 54.6 Å². The minimum Gasteiger partial charge on any atom is -0.481 e. The largest absolute Gasteiger partial charge is 0.481 e. The van der Waals surface area contributed by atoms with Gasteiger partial charge in [-0.3, -0.25) is 4.79 Å². The van der Waals surface area contributed by atoms with Crippen LogP contribution in [0.1, 0.15) is 6.92 Å². The Kier molecular flexibility index (Phi) is 4.03. The Morgan fingerprint density at radius 2 is 1.74 bits per heavy atom. The molecule has 0 aliphatic rings. The van der Waals surface area contributed by atoms with Gasteiger partial charge in [0.1, 0.15) is 5.75 Å². The van der Waals surface area contributed by atoms with Crippen molar-refractivity contribution in [3.05, 3.63) is 54.6 Å². The second-order valence-corrected chi connectivity index (χ2v) is 4.18. The van der Waals surface area contributed by atoms with Gasteiger partial charge >= 0.3 is 0 Å². The van der Waals surface area contributed by atoms with Crippen LogP contribution in [0.25, 0.3) is 0 Å². The number of para-hydroxylation sites is 1. The molecule has 0 heterocycles. The average Bonchev–Trinajstić information content (AvgIpc) is 2.42. The molecular weight excluding hydrogens is 240 g/mol. The van der Waals surface area contributed by atoms with E-state index in [0.29, 0.717) is 17.1 Å². The van der Waals surface area contributed by atoms with Crippen molar-refractivity contribution < 1.29 is 9.53 Å². The van der Waals surface area contributed by atoms with Gasteiger partial charge in [-0.25, -0.2) is 0 Å². The van der Waals surface area contributed by atoms with Crippen LogP contribution in [0.3, 0.4) is 0 Å². The van der Waals surface area contributed by atoms with Gasteiger partial charge in [0.2, 0.25) is 0 Å². The van der Waals surface area contributed by atoms with Crippen molar-refractivity contribution >= 4 is 17.3 Å². The molecule has 0 aliphatic carbocycles. The molecule has 0 aromatic heterocycles. The zero-order valence-electron chi connectivity index (χ0n) is 10.7. The molecule has 4 nitrogen and oxygen atoms in total. The molecule has 4 heteroatoms. The number of benzene rings is 2. The third-order valence-corrected chi connectivity index (χ3v) is 2.60. The molecule has 0 fully saturated rings. The van der Waals surface area contributed by atoms with Crippen LogP contribution in [-0.4, -0.2) is 12.0 Å². The van der Waals surface area contributed by atoms with Gasteiger partial charge in [0.25, 0.3) is 5.91 Å². The van der Waals surface area contributed by atoms with Gasteiger partial charge in [-0.1, -0.05) is 18.2 Å². The predicted molar refractivity (Wildman–Crippen MR) is 76.0 cm³/mol. The first-order valence-electron chi connectivity index (χ1n) is 6.03. The lowest BCUT2D eigenvalue weighted by molar-refractivity contribution is -0.122. The smallest absolute Gasteiger partial charge is 0.265 e. The highest BCUT2D eigenvalue weighted by atomic mass is 16.5. The average molecular weight is 256 g/mol. The number of rotatable bonds is 4. The third kappa shape index (κ3) is 3.74. The lowest BCUT2D eigenvalue weighted by atomic mass is 10.2. The van der Waals surface area contributed by atoms with Gasteiger partial charge in [0.15, 0.2) is 6.10 Å². The van der Waals surface area contributed by atoms with Crippen LogP contribution < -0.4 is 15.8 Å². The summed E-state index contributed by atoms with van der Waals surface area (Å²) < 4.78 is 5.54. The maximum Gasteiger partial charge on any atom is 0.265 e. The molecular formula is C15H16N2O2. The summed E-state index contributed by atoms with van der Waals surface area (Å²) >= 11 is 0. The molecule has 0 saturated heterocycles. The molecule has 0 saturated carbocycles. The predicted octanol–water partition coefficient (Wildman–Crippen LogP) is 2.67. The van der Waals surface area contributed by atoms with Gasteiger partial charge in [-0.15, -0.1) is 0 Å². The summed E-state index contributed by atoms with van der Waals surface area (Å²) in [4.78, 5) is 11.9. The lowest BCUT2D eigenvalue weighted by Crippen LogP contribution is -2.30. The van der Waals surface area contributed by atoms with Gasteiger partial charge in [-0.05, 0) is 43.3 Å². The molecule has 2 aromatic carbocycles. The Hall–Kier alpha value is -2.49. The summed E-state index contributed by atoms with van der Waals surface area (Å²) in [5, 5.41) is 2.77. The van der Waals surface area contributed by atoms with Gasteiger partial charge in [-0.2, -0.15) is 0 Å². The minimum atomic E-state index is -0.569. The number of anilines is 2. The SMILES string of the molecule is C[C@H](Oc1ccccc1)C(=O)Nc1ccc(N)cc1. The molecule has 2 aromatic rings. The van der Waals surface area contributed by atoms with Crippen LogP contribution in [0.2, 0.25) is 0 Å². The van der Waals surface area contributed by atoms with Gasteiger partial charge < -0.3 is 15.8 Å². The first kappa shape index (κ1) is 13.0. The van der Waals surface area contributed by atoms with E-state index in [4.69, 9.17) is 10.5 Å². The minimum absolute atomic E-state index is 0.200. The molecule has 0 radical (unpaired) electrons. The van der Waals surface area contributed by atoms with Crippen LogP contribution >= 0.6 is 0 Å². The molecule has 0 bridgehead atoms. The zero-order valence-corrected chi connectivity index (χ0v) is 10.7. The van der Waals surface area contributed by atoms with Crippen molar-refractivity contribution in [1.29, 1.82) is 0 Å². The molecule has 1 amide bonds. The molecule has 3 N–H and O–H groups in total. The van der Waals surface area contributed by atoms with E-state index in [0.717, 1.165) is 0 Å². The number of nitrogens with one attached hydrogen (secondary N) is 1. The number of carbonyl (C=O) groups excluding carboxylic acids is 1. The van der Waals surface area contributed by atoms with E-state index in [-0.39, 0.29) is 5.91 Å². The van der Waals surface area contributed by atoms with Crippen molar-refractivity contribution in [3.63, 3.8) is 0 Å². The van der Waals surface area contributed by atoms with Crippen molar-refractivity contribution in [2.75, 3.05) is 11.1 Å². The lowest BCUT2D eigenvalue weighted by Gasteiger charge is -2.14. The number of carbonyl (C=O) groups is 1. The van der Waals surface area contributed by atoms with Crippen molar-refractivity contribution in [2.24, 2.45) is 0 Å². The van der Waals surface area contributed by atoms with Crippen LogP contribution in [0, 0.1) is 0 Å². The van der Waals surface area contributed by atoms with Crippen molar-refractivity contribution in [2.45, 2.75) is 13.0 Å². The molecule has 98 valence electrons.